The second-order valence-electron chi connectivity index (χ2n) is 8.38. The van der Waals surface area contributed by atoms with E-state index in [1.165, 1.54) is 43.4 Å². The quantitative estimate of drug-likeness (QED) is 0.789. The fraction of sp³-hybridized carbons (Fsp3) is 0.667. The molecule has 1 saturated carbocycles. The molecule has 1 aliphatic carbocycles. The largest absolute Gasteiger partial charge is 0.336 e. The summed E-state index contributed by atoms with van der Waals surface area (Å²) in [6.07, 6.45) is 8.22. The first-order valence-corrected chi connectivity index (χ1v) is 11.3. The Morgan fingerprint density at radius 2 is 1.82 bits per heavy atom. The lowest BCUT2D eigenvalue weighted by molar-refractivity contribution is 0.0524. The first-order valence-electron chi connectivity index (χ1n) is 10.5. The summed E-state index contributed by atoms with van der Waals surface area (Å²) in [6.45, 7) is 9.28. The van der Waals surface area contributed by atoms with E-state index in [0.29, 0.717) is 21.8 Å². The van der Waals surface area contributed by atoms with Gasteiger partial charge in [0.15, 0.2) is 0 Å². The average Bonchev–Trinajstić information content (AvgIpc) is 3.05. The molecule has 28 heavy (non-hydrogen) atoms. The van der Waals surface area contributed by atoms with E-state index in [-0.39, 0.29) is 17.5 Å². The maximum absolute atomic E-state index is 13.3. The Balaban J connectivity index is 1.54. The summed E-state index contributed by atoms with van der Waals surface area (Å²) in [7, 11) is 0. The SMILES string of the molecule is Cc1sc2c(=O)n(C(C)C)cnc2c1C(=O)N1CCN(C2CCCCC2)CC1. The number of nitrogens with zero attached hydrogens (tertiary/aromatic N) is 4. The van der Waals surface area contributed by atoms with E-state index in [0.717, 1.165) is 31.1 Å². The van der Waals surface area contributed by atoms with Gasteiger partial charge >= 0.3 is 0 Å². The molecule has 0 radical (unpaired) electrons. The Morgan fingerprint density at radius 1 is 1.14 bits per heavy atom. The summed E-state index contributed by atoms with van der Waals surface area (Å²) in [5, 5.41) is 0. The van der Waals surface area contributed by atoms with E-state index in [2.05, 4.69) is 9.88 Å². The highest BCUT2D eigenvalue weighted by atomic mass is 32.1. The van der Waals surface area contributed by atoms with Gasteiger partial charge in [-0.25, -0.2) is 4.98 Å². The van der Waals surface area contributed by atoms with E-state index >= 15 is 0 Å². The molecule has 3 heterocycles. The van der Waals surface area contributed by atoms with Gasteiger partial charge < -0.3 is 4.90 Å². The van der Waals surface area contributed by atoms with Crippen LogP contribution in [0.25, 0.3) is 10.2 Å². The molecule has 6 nitrogen and oxygen atoms in total. The maximum atomic E-state index is 13.3. The Morgan fingerprint density at radius 3 is 2.46 bits per heavy atom. The minimum Gasteiger partial charge on any atom is -0.336 e. The van der Waals surface area contributed by atoms with E-state index in [1.807, 2.05) is 25.7 Å². The third-order valence-corrected chi connectivity index (χ3v) is 7.34. The van der Waals surface area contributed by atoms with E-state index < -0.39 is 0 Å². The summed E-state index contributed by atoms with van der Waals surface area (Å²) in [5.74, 6) is 0.0289. The number of piperazine rings is 1. The zero-order valence-electron chi connectivity index (χ0n) is 17.1. The number of carbonyl (C=O) groups excluding carboxylic acids is 1. The topological polar surface area (TPSA) is 58.4 Å². The van der Waals surface area contributed by atoms with Crippen LogP contribution in [0.4, 0.5) is 0 Å². The van der Waals surface area contributed by atoms with E-state index in [1.54, 1.807) is 10.9 Å². The predicted molar refractivity (Wildman–Crippen MR) is 113 cm³/mol. The van der Waals surface area contributed by atoms with Crippen LogP contribution < -0.4 is 5.56 Å². The highest BCUT2D eigenvalue weighted by Crippen LogP contribution is 2.29. The minimum absolute atomic E-state index is 0.0289. The van der Waals surface area contributed by atoms with Gasteiger partial charge in [0.2, 0.25) is 0 Å². The van der Waals surface area contributed by atoms with Crippen molar-refractivity contribution in [2.24, 2.45) is 0 Å². The van der Waals surface area contributed by atoms with Crippen molar-refractivity contribution in [3.8, 4) is 0 Å². The number of hydrogen-bond donors (Lipinski definition) is 0. The van der Waals surface area contributed by atoms with Gasteiger partial charge in [-0.2, -0.15) is 0 Å². The first kappa shape index (κ1) is 19.6. The third kappa shape index (κ3) is 3.50. The molecule has 1 amide bonds. The molecule has 2 aromatic rings. The van der Waals surface area contributed by atoms with Crippen molar-refractivity contribution in [2.75, 3.05) is 26.2 Å². The molecule has 7 heteroatoms. The van der Waals surface area contributed by atoms with Gasteiger partial charge in [-0.1, -0.05) is 19.3 Å². The van der Waals surface area contributed by atoms with Crippen molar-refractivity contribution in [2.45, 2.75) is 65.0 Å². The normalized spacial score (nSPS) is 19.6. The number of amides is 1. The van der Waals surface area contributed by atoms with Crippen LogP contribution in [0.2, 0.25) is 0 Å². The molecule has 1 aliphatic heterocycles. The van der Waals surface area contributed by atoms with Crippen molar-refractivity contribution >= 4 is 27.5 Å². The molecule has 1 saturated heterocycles. The van der Waals surface area contributed by atoms with Crippen LogP contribution in [-0.4, -0.2) is 57.5 Å². The predicted octanol–water partition coefficient (Wildman–Crippen LogP) is 3.44. The van der Waals surface area contributed by atoms with Crippen LogP contribution in [0.3, 0.4) is 0 Å². The number of thiophene rings is 1. The van der Waals surface area contributed by atoms with Crippen LogP contribution >= 0.6 is 11.3 Å². The van der Waals surface area contributed by atoms with Crippen LogP contribution in [-0.2, 0) is 0 Å². The number of rotatable bonds is 3. The molecule has 152 valence electrons. The molecule has 0 spiro atoms. The zero-order chi connectivity index (χ0) is 19.8. The highest BCUT2D eigenvalue weighted by molar-refractivity contribution is 7.19. The molecule has 2 fully saturated rings. The molecule has 4 rings (SSSR count). The van der Waals surface area contributed by atoms with Crippen LogP contribution in [0.5, 0.6) is 0 Å². The number of carbonyl (C=O) groups is 1. The molecule has 0 atom stereocenters. The van der Waals surface area contributed by atoms with Gasteiger partial charge in [0.05, 0.1) is 11.9 Å². The monoisotopic (exact) mass is 402 g/mol. The van der Waals surface area contributed by atoms with Gasteiger partial charge in [0, 0.05) is 43.1 Å². The molecule has 0 unspecified atom stereocenters. The lowest BCUT2D eigenvalue weighted by atomic mass is 9.94. The number of hydrogen-bond acceptors (Lipinski definition) is 5. The minimum atomic E-state index is -0.0470. The standard InChI is InChI=1S/C21H30N4O2S/c1-14(2)25-13-22-18-17(15(3)28-19(18)21(25)27)20(26)24-11-9-23(10-12-24)16-7-5-4-6-8-16/h13-14,16H,4-12H2,1-3H3. The van der Waals surface area contributed by atoms with Crippen molar-refractivity contribution in [1.82, 2.24) is 19.4 Å². The van der Waals surface area contributed by atoms with Gasteiger partial charge in [-0.3, -0.25) is 19.1 Å². The number of aryl methyl sites for hydroxylation is 1. The zero-order valence-corrected chi connectivity index (χ0v) is 17.9. The second kappa shape index (κ2) is 7.95. The molecule has 2 aliphatic rings. The summed E-state index contributed by atoms with van der Waals surface area (Å²) in [5.41, 5.74) is 1.15. The van der Waals surface area contributed by atoms with Crippen molar-refractivity contribution in [1.29, 1.82) is 0 Å². The van der Waals surface area contributed by atoms with Gasteiger partial charge in [-0.05, 0) is 33.6 Å². The van der Waals surface area contributed by atoms with E-state index in [9.17, 15) is 9.59 Å². The van der Waals surface area contributed by atoms with Gasteiger partial charge in [0.25, 0.3) is 11.5 Å². The lowest BCUT2D eigenvalue weighted by Crippen LogP contribution is -2.52. The Bertz CT molecular complexity index is 918. The van der Waals surface area contributed by atoms with E-state index in [4.69, 9.17) is 0 Å². The molecule has 2 aromatic heterocycles. The maximum Gasteiger partial charge on any atom is 0.271 e. The third-order valence-electron chi connectivity index (χ3n) is 6.26. The smallest absolute Gasteiger partial charge is 0.271 e. The lowest BCUT2D eigenvalue weighted by Gasteiger charge is -2.40. The van der Waals surface area contributed by atoms with Crippen molar-refractivity contribution < 1.29 is 4.79 Å². The average molecular weight is 403 g/mol. The van der Waals surface area contributed by atoms with Gasteiger partial charge in [0.1, 0.15) is 10.2 Å². The molecule has 0 aromatic carbocycles. The molecular weight excluding hydrogens is 372 g/mol. The summed E-state index contributed by atoms with van der Waals surface area (Å²) in [4.78, 5) is 35.9. The van der Waals surface area contributed by atoms with Crippen LogP contribution in [0.1, 0.15) is 67.2 Å². The number of fused-ring (bicyclic) bond motifs is 1. The fourth-order valence-corrected chi connectivity index (χ4v) is 5.64. The Hall–Kier alpha value is -1.73. The number of aromatic nitrogens is 2. The Kier molecular flexibility index (Phi) is 5.56. The molecule has 0 bridgehead atoms. The molecule has 0 N–H and O–H groups in total. The summed E-state index contributed by atoms with van der Waals surface area (Å²) >= 11 is 1.40. The summed E-state index contributed by atoms with van der Waals surface area (Å²) in [6, 6.07) is 0.754. The highest BCUT2D eigenvalue weighted by Gasteiger charge is 2.30. The first-order chi connectivity index (χ1) is 13.5. The van der Waals surface area contributed by atoms with Crippen LogP contribution in [0, 0.1) is 6.92 Å². The van der Waals surface area contributed by atoms with Crippen molar-refractivity contribution in [3.63, 3.8) is 0 Å². The molecular formula is C21H30N4O2S. The van der Waals surface area contributed by atoms with Crippen LogP contribution in [0.15, 0.2) is 11.1 Å². The van der Waals surface area contributed by atoms with Gasteiger partial charge in [-0.15, -0.1) is 11.3 Å². The summed E-state index contributed by atoms with van der Waals surface area (Å²) < 4.78 is 2.23. The second-order valence-corrected chi connectivity index (χ2v) is 9.61. The van der Waals surface area contributed by atoms with Crippen molar-refractivity contribution in [3.05, 3.63) is 27.1 Å². The fourth-order valence-electron chi connectivity index (χ4n) is 4.60. The Labute approximate surface area is 170 Å².